The summed E-state index contributed by atoms with van der Waals surface area (Å²) in [6.07, 6.45) is 3.97. The van der Waals surface area contributed by atoms with Crippen LogP contribution in [0.15, 0.2) is 121 Å². The van der Waals surface area contributed by atoms with Crippen LogP contribution < -0.4 is 0 Å². The molecule has 4 heterocycles. The van der Waals surface area contributed by atoms with Gasteiger partial charge in [-0.25, -0.2) is 24.7 Å². The molecule has 2 N–H and O–H groups in total. The third kappa shape index (κ3) is 7.42. The highest BCUT2D eigenvalue weighted by Gasteiger charge is 2.18. The van der Waals surface area contributed by atoms with Gasteiger partial charge in [0.2, 0.25) is 0 Å². The summed E-state index contributed by atoms with van der Waals surface area (Å²) < 4.78 is 6.62. The molecule has 0 spiro atoms. The highest BCUT2D eigenvalue weighted by molar-refractivity contribution is 5.96. The SMILES string of the molecule is CCCc1nc2c(C)cc(-c3nc4ccccc4n3C)cc2[nH]1.CCCc1nc2c(C)cc(-c3nc4ccccc4n3C)cc2n1Cc1ccc(-c2ccccc2C(=O)O)cc1. The number of carbonyl (C=O) groups is 1. The number of aromatic nitrogens is 8. The molecule has 10 nitrogen and oxygen atoms in total. The smallest absolute Gasteiger partial charge is 0.336 e. The molecule has 10 aromatic rings. The molecule has 0 saturated heterocycles. The molecular formula is C52H50N8O2. The molecule has 4 aromatic heterocycles. The molecule has 0 saturated carbocycles. The monoisotopic (exact) mass is 818 g/mol. The summed E-state index contributed by atoms with van der Waals surface area (Å²) in [5.74, 6) is 3.14. The maximum absolute atomic E-state index is 11.7. The molecule has 0 bridgehead atoms. The van der Waals surface area contributed by atoms with E-state index < -0.39 is 5.97 Å². The number of aromatic amines is 1. The van der Waals surface area contributed by atoms with Crippen LogP contribution in [-0.4, -0.2) is 49.7 Å². The van der Waals surface area contributed by atoms with Crippen LogP contribution in [0.2, 0.25) is 0 Å². The molecule has 310 valence electrons. The number of aryl methyl sites for hydroxylation is 6. The molecule has 0 aliphatic rings. The minimum absolute atomic E-state index is 0.307. The first-order chi connectivity index (χ1) is 30.1. The maximum atomic E-state index is 11.7. The van der Waals surface area contributed by atoms with E-state index in [-0.39, 0.29) is 0 Å². The molecule has 0 amide bonds. The number of carboxylic acid groups (broad SMARTS) is 1. The molecule has 10 rings (SSSR count). The van der Waals surface area contributed by atoms with Gasteiger partial charge in [0.15, 0.2) is 0 Å². The van der Waals surface area contributed by atoms with Crippen molar-refractivity contribution in [3.05, 3.63) is 155 Å². The van der Waals surface area contributed by atoms with Gasteiger partial charge in [-0.15, -0.1) is 0 Å². The summed E-state index contributed by atoms with van der Waals surface area (Å²) in [6, 6.07) is 40.5. The second kappa shape index (κ2) is 16.6. The Hall–Kier alpha value is -7.33. The van der Waals surface area contributed by atoms with Gasteiger partial charge in [-0.2, -0.15) is 0 Å². The molecule has 0 atom stereocenters. The number of rotatable bonds is 10. The number of aromatic carboxylic acids is 1. The Balaban J connectivity index is 0.000000181. The van der Waals surface area contributed by atoms with Crippen LogP contribution in [0.5, 0.6) is 0 Å². The molecule has 0 unspecified atom stereocenters. The zero-order valence-electron chi connectivity index (χ0n) is 36.1. The summed E-state index contributed by atoms with van der Waals surface area (Å²) >= 11 is 0. The molecule has 6 aromatic carbocycles. The van der Waals surface area contributed by atoms with E-state index in [0.29, 0.717) is 12.1 Å². The van der Waals surface area contributed by atoms with Crippen LogP contribution in [-0.2, 0) is 33.5 Å². The van der Waals surface area contributed by atoms with Gasteiger partial charge in [0, 0.05) is 44.6 Å². The number of nitrogens with zero attached hydrogens (tertiary/aromatic N) is 7. The van der Waals surface area contributed by atoms with Gasteiger partial charge >= 0.3 is 5.97 Å². The fraction of sp³-hybridized carbons (Fsp3) is 0.212. The van der Waals surface area contributed by atoms with E-state index in [9.17, 15) is 9.90 Å². The van der Waals surface area contributed by atoms with Gasteiger partial charge in [-0.3, -0.25) is 0 Å². The number of nitrogens with one attached hydrogen (secondary N) is 1. The normalized spacial score (nSPS) is 11.5. The largest absolute Gasteiger partial charge is 0.478 e. The van der Waals surface area contributed by atoms with Crippen molar-refractivity contribution in [2.45, 2.75) is 59.9 Å². The molecule has 0 aliphatic carbocycles. The summed E-state index contributed by atoms with van der Waals surface area (Å²) in [6.45, 7) is 9.26. The lowest BCUT2D eigenvalue weighted by molar-refractivity contribution is 0.0697. The van der Waals surface area contributed by atoms with Gasteiger partial charge in [-0.05, 0) is 109 Å². The fourth-order valence-corrected chi connectivity index (χ4v) is 8.69. The van der Waals surface area contributed by atoms with Crippen molar-refractivity contribution in [2.24, 2.45) is 14.1 Å². The number of imidazole rings is 4. The molecule has 0 fully saturated rings. The number of para-hydroxylation sites is 4. The van der Waals surface area contributed by atoms with Crippen LogP contribution in [0.25, 0.3) is 78.0 Å². The van der Waals surface area contributed by atoms with Crippen molar-refractivity contribution in [3.63, 3.8) is 0 Å². The Kier molecular flexibility index (Phi) is 10.7. The third-order valence-corrected chi connectivity index (χ3v) is 11.8. The second-order valence-electron chi connectivity index (χ2n) is 16.2. The number of fused-ring (bicyclic) bond motifs is 4. The lowest BCUT2D eigenvalue weighted by Gasteiger charge is -2.12. The van der Waals surface area contributed by atoms with E-state index in [1.807, 2.05) is 54.6 Å². The van der Waals surface area contributed by atoms with Crippen molar-refractivity contribution < 1.29 is 9.90 Å². The lowest BCUT2D eigenvalue weighted by atomic mass is 9.98. The Morgan fingerprint density at radius 1 is 0.613 bits per heavy atom. The van der Waals surface area contributed by atoms with E-state index >= 15 is 0 Å². The maximum Gasteiger partial charge on any atom is 0.336 e. The Morgan fingerprint density at radius 3 is 1.81 bits per heavy atom. The van der Waals surface area contributed by atoms with Crippen molar-refractivity contribution in [2.75, 3.05) is 0 Å². The van der Waals surface area contributed by atoms with E-state index in [0.717, 1.165) is 126 Å². The average molecular weight is 819 g/mol. The van der Waals surface area contributed by atoms with Crippen LogP contribution in [0.1, 0.15) is 65.4 Å². The molecule has 10 heteroatoms. The summed E-state index contributed by atoms with van der Waals surface area (Å²) in [4.78, 5) is 34.7. The van der Waals surface area contributed by atoms with Crippen molar-refractivity contribution in [1.82, 2.24) is 38.6 Å². The highest BCUT2D eigenvalue weighted by atomic mass is 16.4. The summed E-state index contributed by atoms with van der Waals surface area (Å²) in [7, 11) is 4.13. The van der Waals surface area contributed by atoms with Crippen LogP contribution in [0.4, 0.5) is 0 Å². The predicted octanol–water partition coefficient (Wildman–Crippen LogP) is 11.6. The van der Waals surface area contributed by atoms with Crippen molar-refractivity contribution >= 4 is 50.1 Å². The zero-order chi connectivity index (χ0) is 43.1. The number of H-pyrrole nitrogens is 1. The first kappa shape index (κ1) is 40.1. The van der Waals surface area contributed by atoms with Gasteiger partial charge in [0.1, 0.15) is 23.3 Å². The van der Waals surface area contributed by atoms with Gasteiger partial charge < -0.3 is 23.8 Å². The zero-order valence-corrected chi connectivity index (χ0v) is 36.1. The standard InChI is InChI=1S/C33H30N4O2.C19H20N4/c1-4-9-30-35-31-21(2)18-24(32-34-27-12-7-8-13-28(27)36(32)3)19-29(31)37(30)20-22-14-16-23(17-15-22)25-10-5-6-11-26(25)33(38)39;1-4-7-17-20-15-11-13(10-12(2)18(15)22-17)19-21-14-8-5-6-9-16(14)23(19)3/h5-8,10-19H,4,9,20H2,1-3H3,(H,38,39);5-6,8-11H,4,7H2,1-3H3,(H,20,22). The lowest BCUT2D eigenvalue weighted by Crippen LogP contribution is -2.05. The minimum atomic E-state index is -0.921. The van der Waals surface area contributed by atoms with Gasteiger partial charge in [0.05, 0.1) is 49.7 Å². The van der Waals surface area contributed by atoms with E-state index in [1.165, 1.54) is 5.56 Å². The van der Waals surface area contributed by atoms with Crippen molar-refractivity contribution in [3.8, 4) is 33.9 Å². The average Bonchev–Trinajstić information content (AvgIpc) is 4.04. The third-order valence-electron chi connectivity index (χ3n) is 11.8. The van der Waals surface area contributed by atoms with E-state index in [4.69, 9.17) is 19.9 Å². The second-order valence-corrected chi connectivity index (χ2v) is 16.2. The van der Waals surface area contributed by atoms with Crippen LogP contribution in [0, 0.1) is 13.8 Å². The fourth-order valence-electron chi connectivity index (χ4n) is 8.69. The Morgan fingerprint density at radius 2 is 1.19 bits per heavy atom. The highest BCUT2D eigenvalue weighted by Crippen LogP contribution is 2.32. The Labute approximate surface area is 360 Å². The number of hydrogen-bond donors (Lipinski definition) is 2. The summed E-state index contributed by atoms with van der Waals surface area (Å²) in [5, 5.41) is 9.60. The molecular weight excluding hydrogens is 769 g/mol. The van der Waals surface area contributed by atoms with Crippen LogP contribution >= 0.6 is 0 Å². The molecule has 62 heavy (non-hydrogen) atoms. The summed E-state index contributed by atoms with van der Waals surface area (Å²) in [5.41, 5.74) is 16.1. The minimum Gasteiger partial charge on any atom is -0.478 e. The van der Waals surface area contributed by atoms with E-state index in [2.05, 4.69) is 115 Å². The first-order valence-electron chi connectivity index (χ1n) is 21.4. The topological polar surface area (TPSA) is 119 Å². The molecule has 0 aliphatic heterocycles. The number of carboxylic acids is 1. The van der Waals surface area contributed by atoms with E-state index in [1.54, 1.807) is 12.1 Å². The number of hydrogen-bond acceptors (Lipinski definition) is 5. The van der Waals surface area contributed by atoms with Crippen LogP contribution in [0.3, 0.4) is 0 Å². The Bertz CT molecular complexity index is 3270. The quantitative estimate of drug-likeness (QED) is 0.142. The van der Waals surface area contributed by atoms with Gasteiger partial charge in [0.25, 0.3) is 0 Å². The number of benzene rings is 6. The molecule has 0 radical (unpaired) electrons. The van der Waals surface area contributed by atoms with Gasteiger partial charge in [-0.1, -0.05) is 80.6 Å². The first-order valence-corrected chi connectivity index (χ1v) is 21.4. The van der Waals surface area contributed by atoms with Crippen molar-refractivity contribution in [1.29, 1.82) is 0 Å². The predicted molar refractivity (Wildman–Crippen MR) is 251 cm³/mol.